The number of rotatable bonds is 2. The van der Waals surface area contributed by atoms with Gasteiger partial charge in [0, 0.05) is 19.5 Å². The Balaban J connectivity index is 2.20. The maximum Gasteiger partial charge on any atom is 0.200 e. The van der Waals surface area contributed by atoms with Gasteiger partial charge in [-0.15, -0.1) is 0 Å². The van der Waals surface area contributed by atoms with E-state index in [4.69, 9.17) is 10.5 Å². The molecule has 4 nitrogen and oxygen atoms in total. The Hall–Kier alpha value is -1.03. The monoisotopic (exact) mass is 181 g/mol. The van der Waals surface area contributed by atoms with Gasteiger partial charge in [-0.1, -0.05) is 0 Å². The number of ether oxygens (including phenoxy) is 1. The van der Waals surface area contributed by atoms with Gasteiger partial charge in [-0.25, -0.2) is 4.98 Å². The summed E-state index contributed by atoms with van der Waals surface area (Å²) in [4.78, 5) is 4.02. The van der Waals surface area contributed by atoms with Crippen molar-refractivity contribution in [3.8, 4) is 0 Å². The molecule has 2 rings (SSSR count). The smallest absolute Gasteiger partial charge is 0.200 e. The van der Waals surface area contributed by atoms with E-state index >= 15 is 0 Å². The molecule has 0 aliphatic heterocycles. The van der Waals surface area contributed by atoms with Gasteiger partial charge in [-0.2, -0.15) is 0 Å². The average Bonchev–Trinajstić information content (AvgIpc) is 2.71. The van der Waals surface area contributed by atoms with E-state index in [-0.39, 0.29) is 0 Å². The third-order valence-corrected chi connectivity index (χ3v) is 2.78. The molecule has 0 bridgehead atoms. The molecule has 4 heteroatoms. The third kappa shape index (κ3) is 1.42. The van der Waals surface area contributed by atoms with Gasteiger partial charge in [0.15, 0.2) is 5.95 Å². The lowest BCUT2D eigenvalue weighted by Gasteiger charge is -2.20. The minimum Gasteiger partial charge on any atom is -0.379 e. The third-order valence-electron chi connectivity index (χ3n) is 2.78. The minimum atomic E-state index is 0.302. The summed E-state index contributed by atoms with van der Waals surface area (Å²) in [6, 6.07) is 0.382. The predicted octanol–water partition coefficient (Wildman–Crippen LogP) is 1.21. The van der Waals surface area contributed by atoms with Crippen LogP contribution in [0.2, 0.25) is 0 Å². The summed E-state index contributed by atoms with van der Waals surface area (Å²) < 4.78 is 7.41. The van der Waals surface area contributed by atoms with E-state index in [0.717, 1.165) is 12.8 Å². The van der Waals surface area contributed by atoms with Gasteiger partial charge in [-0.3, -0.25) is 0 Å². The lowest BCUT2D eigenvalue weighted by atomic mass is 10.2. The first-order valence-corrected chi connectivity index (χ1v) is 4.64. The Bertz CT molecular complexity index is 284. The zero-order valence-electron chi connectivity index (χ0n) is 7.81. The Labute approximate surface area is 77.7 Å². The highest BCUT2D eigenvalue weighted by Gasteiger charge is 2.29. The number of nitrogen functional groups attached to an aromatic ring is 1. The number of aromatic nitrogens is 2. The molecule has 2 unspecified atom stereocenters. The Morgan fingerprint density at radius 3 is 3.08 bits per heavy atom. The van der Waals surface area contributed by atoms with Crippen molar-refractivity contribution in [3.05, 3.63) is 12.4 Å². The zero-order chi connectivity index (χ0) is 9.26. The maximum absolute atomic E-state index is 5.73. The van der Waals surface area contributed by atoms with Crippen molar-refractivity contribution in [3.63, 3.8) is 0 Å². The number of hydrogen-bond acceptors (Lipinski definition) is 3. The van der Waals surface area contributed by atoms with Gasteiger partial charge in [0.25, 0.3) is 0 Å². The molecule has 0 saturated heterocycles. The van der Waals surface area contributed by atoms with E-state index in [2.05, 4.69) is 4.98 Å². The largest absolute Gasteiger partial charge is 0.379 e. The molecule has 1 fully saturated rings. The fraction of sp³-hybridized carbons (Fsp3) is 0.667. The van der Waals surface area contributed by atoms with Gasteiger partial charge >= 0.3 is 0 Å². The van der Waals surface area contributed by atoms with E-state index in [1.54, 1.807) is 13.3 Å². The Kier molecular flexibility index (Phi) is 2.22. The van der Waals surface area contributed by atoms with Gasteiger partial charge in [0.2, 0.25) is 0 Å². The molecular formula is C9H15N3O. The first-order valence-electron chi connectivity index (χ1n) is 4.64. The molecule has 13 heavy (non-hydrogen) atoms. The number of hydrogen-bond donors (Lipinski definition) is 1. The van der Waals surface area contributed by atoms with E-state index in [9.17, 15) is 0 Å². The molecular weight excluding hydrogens is 166 g/mol. The molecule has 2 atom stereocenters. The molecule has 1 aromatic heterocycles. The number of nitrogens with two attached hydrogens (primary N) is 1. The van der Waals surface area contributed by atoms with Crippen molar-refractivity contribution in [2.75, 3.05) is 12.8 Å². The van der Waals surface area contributed by atoms with Gasteiger partial charge in [0.05, 0.1) is 12.1 Å². The maximum atomic E-state index is 5.73. The van der Waals surface area contributed by atoms with Gasteiger partial charge in [-0.05, 0) is 19.3 Å². The van der Waals surface area contributed by atoms with Crippen LogP contribution in [0.3, 0.4) is 0 Å². The van der Waals surface area contributed by atoms with Crippen LogP contribution in [0.25, 0.3) is 0 Å². The van der Waals surface area contributed by atoms with E-state index in [0.29, 0.717) is 18.1 Å². The second-order valence-corrected chi connectivity index (χ2v) is 3.47. The summed E-state index contributed by atoms with van der Waals surface area (Å²) >= 11 is 0. The zero-order valence-corrected chi connectivity index (χ0v) is 7.81. The summed E-state index contributed by atoms with van der Waals surface area (Å²) in [6.07, 6.45) is 7.44. The summed E-state index contributed by atoms with van der Waals surface area (Å²) in [5.41, 5.74) is 5.73. The van der Waals surface area contributed by atoms with Crippen molar-refractivity contribution in [1.29, 1.82) is 0 Å². The van der Waals surface area contributed by atoms with Gasteiger partial charge < -0.3 is 15.0 Å². The molecule has 0 amide bonds. The first kappa shape index (κ1) is 8.56. The highest BCUT2D eigenvalue weighted by atomic mass is 16.5. The predicted molar refractivity (Wildman–Crippen MR) is 50.3 cm³/mol. The van der Waals surface area contributed by atoms with Crippen LogP contribution in [0.15, 0.2) is 12.4 Å². The number of methoxy groups -OCH3 is 1. The topological polar surface area (TPSA) is 53.1 Å². The molecule has 1 aliphatic carbocycles. The van der Waals surface area contributed by atoms with Crippen LogP contribution in [0.1, 0.15) is 25.3 Å². The van der Waals surface area contributed by atoms with E-state index < -0.39 is 0 Å². The number of anilines is 1. The second kappa shape index (κ2) is 3.38. The SMILES string of the molecule is COC1CCCC1n1ccnc1N. The summed E-state index contributed by atoms with van der Waals surface area (Å²) in [5.74, 6) is 0.592. The molecule has 0 radical (unpaired) electrons. The second-order valence-electron chi connectivity index (χ2n) is 3.47. The fourth-order valence-electron chi connectivity index (χ4n) is 2.10. The van der Waals surface area contributed by atoms with Gasteiger partial charge in [0.1, 0.15) is 0 Å². The van der Waals surface area contributed by atoms with Crippen molar-refractivity contribution in [2.45, 2.75) is 31.4 Å². The van der Waals surface area contributed by atoms with Crippen LogP contribution in [0.4, 0.5) is 5.95 Å². The van der Waals surface area contributed by atoms with Crippen LogP contribution >= 0.6 is 0 Å². The molecule has 1 heterocycles. The quantitative estimate of drug-likeness (QED) is 0.746. The van der Waals surface area contributed by atoms with Crippen LogP contribution in [0, 0.1) is 0 Å². The van der Waals surface area contributed by atoms with E-state index in [1.807, 2.05) is 10.8 Å². The van der Waals surface area contributed by atoms with Crippen molar-refractivity contribution < 1.29 is 4.74 Å². The molecule has 2 N–H and O–H groups in total. The molecule has 0 spiro atoms. The lowest BCUT2D eigenvalue weighted by molar-refractivity contribution is 0.0756. The van der Waals surface area contributed by atoms with Crippen LogP contribution in [-0.4, -0.2) is 22.8 Å². The van der Waals surface area contributed by atoms with Crippen molar-refractivity contribution >= 4 is 5.95 Å². The molecule has 0 aromatic carbocycles. The van der Waals surface area contributed by atoms with Crippen LogP contribution < -0.4 is 5.73 Å². The fourth-order valence-corrected chi connectivity index (χ4v) is 2.10. The molecule has 1 aromatic rings. The summed E-state index contributed by atoms with van der Waals surface area (Å²) in [7, 11) is 1.76. The lowest BCUT2D eigenvalue weighted by Crippen LogP contribution is -2.21. The average molecular weight is 181 g/mol. The molecule has 1 aliphatic rings. The van der Waals surface area contributed by atoms with E-state index in [1.165, 1.54) is 6.42 Å². The Morgan fingerprint density at radius 2 is 2.46 bits per heavy atom. The first-order chi connectivity index (χ1) is 6.33. The minimum absolute atomic E-state index is 0.302. The highest BCUT2D eigenvalue weighted by molar-refractivity contribution is 5.18. The van der Waals surface area contributed by atoms with Crippen molar-refractivity contribution in [2.24, 2.45) is 0 Å². The van der Waals surface area contributed by atoms with Crippen LogP contribution in [-0.2, 0) is 4.74 Å². The van der Waals surface area contributed by atoms with Crippen LogP contribution in [0.5, 0.6) is 0 Å². The summed E-state index contributed by atoms with van der Waals surface area (Å²) in [5, 5.41) is 0. The summed E-state index contributed by atoms with van der Waals surface area (Å²) in [6.45, 7) is 0. The Morgan fingerprint density at radius 1 is 1.62 bits per heavy atom. The molecule has 1 saturated carbocycles. The van der Waals surface area contributed by atoms with Crippen molar-refractivity contribution in [1.82, 2.24) is 9.55 Å². The number of imidazole rings is 1. The highest BCUT2D eigenvalue weighted by Crippen LogP contribution is 2.33. The normalized spacial score (nSPS) is 28.1. The number of nitrogens with zero attached hydrogens (tertiary/aromatic N) is 2. The molecule has 72 valence electrons. The standard InChI is InChI=1S/C9H15N3O/c1-13-8-4-2-3-7(8)12-6-5-11-9(12)10/h5-8H,2-4H2,1H3,(H2,10,11).